The molecule has 6 nitrogen and oxygen atoms in total. The second-order valence-electron chi connectivity index (χ2n) is 6.54. The van der Waals surface area contributed by atoms with Crippen LogP contribution in [0.2, 0.25) is 0 Å². The Morgan fingerprint density at radius 2 is 1.67 bits per heavy atom. The van der Waals surface area contributed by atoms with E-state index in [9.17, 15) is 27.6 Å². The van der Waals surface area contributed by atoms with Gasteiger partial charge in [-0.1, -0.05) is 12.1 Å². The molecule has 1 aliphatic carbocycles. The summed E-state index contributed by atoms with van der Waals surface area (Å²) in [5.74, 6) is -0.834. The zero-order valence-electron chi connectivity index (χ0n) is 13.9. The highest BCUT2D eigenvalue weighted by Crippen LogP contribution is 2.43. The second kappa shape index (κ2) is 5.97. The Hall–Kier alpha value is -3.10. The number of Topliss-reactive ketones (excluding diaryl/α,β-unsaturated/α-hetero) is 1. The van der Waals surface area contributed by atoms with Gasteiger partial charge in [-0.15, -0.1) is 0 Å². The molecule has 0 saturated carbocycles. The van der Waals surface area contributed by atoms with Crippen molar-refractivity contribution in [3.8, 4) is 0 Å². The predicted molar refractivity (Wildman–Crippen MR) is 90.5 cm³/mol. The minimum atomic E-state index is -4.49. The van der Waals surface area contributed by atoms with Crippen LogP contribution in [0.3, 0.4) is 0 Å². The van der Waals surface area contributed by atoms with Gasteiger partial charge in [-0.05, 0) is 30.5 Å². The minimum absolute atomic E-state index is 0.114. The van der Waals surface area contributed by atoms with Gasteiger partial charge in [0.15, 0.2) is 5.78 Å². The van der Waals surface area contributed by atoms with Gasteiger partial charge in [-0.25, -0.2) is 4.79 Å². The van der Waals surface area contributed by atoms with E-state index in [1.807, 2.05) is 0 Å². The third-order valence-electron chi connectivity index (χ3n) is 4.86. The number of rotatable bonds is 1. The first-order chi connectivity index (χ1) is 12.8. The summed E-state index contributed by atoms with van der Waals surface area (Å²) >= 11 is 0. The van der Waals surface area contributed by atoms with E-state index in [0.29, 0.717) is 36.1 Å². The van der Waals surface area contributed by atoms with Gasteiger partial charge in [0.05, 0.1) is 11.1 Å². The number of fused-ring (bicyclic) bond motifs is 1. The topological polar surface area (TPSA) is 94.8 Å². The van der Waals surface area contributed by atoms with Gasteiger partial charge in [-0.2, -0.15) is 13.2 Å². The molecule has 1 aromatic heterocycles. The molecule has 2 heterocycles. The molecular formula is C18H14F3N3O3. The van der Waals surface area contributed by atoms with E-state index in [-0.39, 0.29) is 17.2 Å². The number of ketones is 1. The SMILES string of the molecule is O=C1CCCC2=C1[C@H](c1ccc(C(F)(F)F)cc1)c1c([nH]c(=O)[nH]c1=O)N2. The van der Waals surface area contributed by atoms with Crippen LogP contribution in [0.4, 0.5) is 19.0 Å². The van der Waals surface area contributed by atoms with E-state index < -0.39 is 28.9 Å². The molecule has 0 unspecified atom stereocenters. The molecule has 0 saturated heterocycles. The smallest absolute Gasteiger partial charge is 0.344 e. The summed E-state index contributed by atoms with van der Waals surface area (Å²) in [7, 11) is 0. The summed E-state index contributed by atoms with van der Waals surface area (Å²) in [5.41, 5.74) is -0.759. The van der Waals surface area contributed by atoms with Crippen LogP contribution in [0.25, 0.3) is 0 Å². The fourth-order valence-corrected chi connectivity index (χ4v) is 3.69. The summed E-state index contributed by atoms with van der Waals surface area (Å²) < 4.78 is 38.6. The summed E-state index contributed by atoms with van der Waals surface area (Å²) in [5, 5.41) is 2.95. The summed E-state index contributed by atoms with van der Waals surface area (Å²) in [4.78, 5) is 41.3. The van der Waals surface area contributed by atoms with Crippen molar-refractivity contribution >= 4 is 11.6 Å². The largest absolute Gasteiger partial charge is 0.416 e. The van der Waals surface area contributed by atoms with Crippen molar-refractivity contribution in [2.45, 2.75) is 31.4 Å². The molecule has 4 rings (SSSR count). The van der Waals surface area contributed by atoms with E-state index in [0.717, 1.165) is 12.1 Å². The highest BCUT2D eigenvalue weighted by Gasteiger charge is 2.38. The quantitative estimate of drug-likeness (QED) is 0.712. The van der Waals surface area contributed by atoms with E-state index >= 15 is 0 Å². The molecule has 0 radical (unpaired) electrons. The van der Waals surface area contributed by atoms with Gasteiger partial charge < -0.3 is 5.32 Å². The maximum absolute atomic E-state index is 12.9. The van der Waals surface area contributed by atoms with E-state index in [1.54, 1.807) is 0 Å². The fraction of sp³-hybridized carbons (Fsp3) is 0.278. The van der Waals surface area contributed by atoms with Crippen LogP contribution in [0.1, 0.15) is 41.9 Å². The van der Waals surface area contributed by atoms with Crippen LogP contribution >= 0.6 is 0 Å². The average Bonchev–Trinajstić information content (AvgIpc) is 2.59. The molecule has 1 aliphatic heterocycles. The number of benzene rings is 1. The molecular weight excluding hydrogens is 363 g/mol. The fourth-order valence-electron chi connectivity index (χ4n) is 3.69. The van der Waals surface area contributed by atoms with Gasteiger partial charge in [-0.3, -0.25) is 19.6 Å². The van der Waals surface area contributed by atoms with Crippen molar-refractivity contribution in [3.63, 3.8) is 0 Å². The van der Waals surface area contributed by atoms with E-state index in [1.165, 1.54) is 12.1 Å². The highest BCUT2D eigenvalue weighted by molar-refractivity contribution is 6.00. The number of alkyl halides is 3. The van der Waals surface area contributed by atoms with Gasteiger partial charge >= 0.3 is 11.9 Å². The average molecular weight is 377 g/mol. The normalized spacial score (nSPS) is 19.4. The van der Waals surface area contributed by atoms with Gasteiger partial charge in [0.2, 0.25) is 0 Å². The molecule has 1 atom stereocenters. The Kier molecular flexibility index (Phi) is 3.83. The number of aromatic amines is 2. The molecule has 9 heteroatoms. The Morgan fingerprint density at radius 1 is 0.963 bits per heavy atom. The Balaban J connectivity index is 1.93. The number of nitrogens with one attached hydrogen (secondary N) is 3. The Morgan fingerprint density at radius 3 is 2.33 bits per heavy atom. The van der Waals surface area contributed by atoms with Crippen molar-refractivity contribution in [3.05, 3.63) is 73.1 Å². The molecule has 0 fully saturated rings. The standard InChI is InChI=1S/C18H14F3N3O3/c19-18(20,21)9-6-4-8(5-7-9)12-13-10(2-1-3-11(13)25)22-15-14(12)16(26)24-17(27)23-15/h4-7,12H,1-3H2,(H3,22,23,24,26,27)/t12-/m0/s1. The minimum Gasteiger partial charge on any atom is -0.344 e. The van der Waals surface area contributed by atoms with E-state index in [4.69, 9.17) is 0 Å². The highest BCUT2D eigenvalue weighted by atomic mass is 19.4. The van der Waals surface area contributed by atoms with Crippen LogP contribution < -0.4 is 16.6 Å². The molecule has 27 heavy (non-hydrogen) atoms. The first-order valence-corrected chi connectivity index (χ1v) is 8.32. The lowest BCUT2D eigenvalue weighted by Crippen LogP contribution is -2.36. The summed E-state index contributed by atoms with van der Waals surface area (Å²) in [6.07, 6.45) is -3.02. The number of allylic oxidation sites excluding steroid dienone is 2. The zero-order chi connectivity index (χ0) is 19.3. The number of halogens is 3. The van der Waals surface area contributed by atoms with Crippen molar-refractivity contribution in [2.75, 3.05) is 5.32 Å². The number of hydrogen-bond acceptors (Lipinski definition) is 4. The molecule has 0 amide bonds. The maximum atomic E-state index is 12.9. The maximum Gasteiger partial charge on any atom is 0.416 e. The number of anilines is 1. The monoisotopic (exact) mass is 377 g/mol. The van der Waals surface area contributed by atoms with Gasteiger partial charge in [0.25, 0.3) is 5.56 Å². The molecule has 0 spiro atoms. The first kappa shape index (κ1) is 17.3. The van der Waals surface area contributed by atoms with Crippen LogP contribution in [0.15, 0.2) is 45.1 Å². The lowest BCUT2D eigenvalue weighted by Gasteiger charge is -2.32. The second-order valence-corrected chi connectivity index (χ2v) is 6.54. The first-order valence-electron chi connectivity index (χ1n) is 8.32. The lowest BCUT2D eigenvalue weighted by atomic mass is 9.76. The number of carbonyl (C=O) groups excluding carboxylic acids is 1. The van der Waals surface area contributed by atoms with Crippen molar-refractivity contribution < 1.29 is 18.0 Å². The van der Waals surface area contributed by atoms with Crippen LogP contribution in [0, 0.1) is 0 Å². The number of carbonyl (C=O) groups is 1. The van der Waals surface area contributed by atoms with Crippen LogP contribution in [0.5, 0.6) is 0 Å². The molecule has 2 aromatic rings. The third kappa shape index (κ3) is 2.88. The van der Waals surface area contributed by atoms with Gasteiger partial charge in [0.1, 0.15) is 5.82 Å². The van der Waals surface area contributed by atoms with E-state index in [2.05, 4.69) is 15.3 Å². The Labute approximate surface area is 150 Å². The lowest BCUT2D eigenvalue weighted by molar-refractivity contribution is -0.137. The summed E-state index contributed by atoms with van der Waals surface area (Å²) in [6.45, 7) is 0. The number of H-pyrrole nitrogens is 2. The van der Waals surface area contributed by atoms with Crippen molar-refractivity contribution in [1.29, 1.82) is 0 Å². The van der Waals surface area contributed by atoms with Crippen molar-refractivity contribution in [2.24, 2.45) is 0 Å². The van der Waals surface area contributed by atoms with Crippen LogP contribution in [-0.2, 0) is 11.0 Å². The molecule has 140 valence electrons. The van der Waals surface area contributed by atoms with Crippen LogP contribution in [-0.4, -0.2) is 15.8 Å². The number of hydrogen-bond donors (Lipinski definition) is 3. The molecule has 0 bridgehead atoms. The summed E-state index contributed by atoms with van der Waals surface area (Å²) in [6, 6.07) is 4.37. The molecule has 3 N–H and O–H groups in total. The predicted octanol–water partition coefficient (Wildman–Crippen LogP) is 2.65. The van der Waals surface area contributed by atoms with Gasteiger partial charge in [0, 0.05) is 23.6 Å². The number of aromatic nitrogens is 2. The Bertz CT molecular complexity index is 1080. The molecule has 2 aliphatic rings. The third-order valence-corrected chi connectivity index (χ3v) is 4.86. The van der Waals surface area contributed by atoms with Crippen molar-refractivity contribution in [1.82, 2.24) is 9.97 Å². The molecule has 1 aromatic carbocycles. The zero-order valence-corrected chi connectivity index (χ0v) is 13.9.